The van der Waals surface area contributed by atoms with Crippen LogP contribution in [0.4, 0.5) is 0 Å². The van der Waals surface area contributed by atoms with E-state index in [2.05, 4.69) is 204 Å². The zero-order valence-electron chi connectivity index (χ0n) is 29.1. The van der Waals surface area contributed by atoms with Gasteiger partial charge in [-0.3, -0.25) is 0 Å². The topological polar surface area (TPSA) is 14.8 Å². The molecule has 10 aromatic rings. The van der Waals surface area contributed by atoms with Gasteiger partial charge in [0.25, 0.3) is 0 Å². The van der Waals surface area contributed by atoms with Gasteiger partial charge in [0, 0.05) is 50.2 Å². The fourth-order valence-corrected chi connectivity index (χ4v) is 9.00. The molecule has 0 fully saturated rings. The second kappa shape index (κ2) is 10.7. The molecule has 4 heterocycles. The second-order valence-corrected chi connectivity index (χ2v) is 14.6. The van der Waals surface area contributed by atoms with E-state index in [9.17, 15) is 0 Å². The van der Waals surface area contributed by atoms with Gasteiger partial charge in [0.15, 0.2) is 0 Å². The number of hydrogen-bond donors (Lipinski definition) is 0. The van der Waals surface area contributed by atoms with Gasteiger partial charge in [-0.15, -0.1) is 0 Å². The number of hydrogen-bond acceptors (Lipinski definition) is 0. The first-order valence-corrected chi connectivity index (χ1v) is 18.1. The van der Waals surface area contributed by atoms with Crippen molar-refractivity contribution < 1.29 is 0 Å². The molecule has 1 aliphatic heterocycles. The highest BCUT2D eigenvalue weighted by Crippen LogP contribution is 2.49. The standard InChI is InChI=1S/C49H35N3/c1-49(2)42-16-8-11-19-46(42)50-31-41-39-15-7-10-18-44(39)52(47(41)48(49)50)37-27-24-33(25-28-37)32-20-22-34(23-21-32)35-26-29-45-40(30-35)38-14-6-9-17-43(38)51(45)36-12-4-3-5-13-36/h3-31H,1-2H3. The Hall–Kier alpha value is -6.58. The van der Waals surface area contributed by atoms with Crippen LogP contribution in [-0.2, 0) is 5.41 Å². The highest BCUT2D eigenvalue weighted by atomic mass is 15.1. The van der Waals surface area contributed by atoms with Crippen molar-refractivity contribution in [1.29, 1.82) is 0 Å². The maximum Gasteiger partial charge on any atom is 0.0763 e. The average Bonchev–Trinajstić information content (AvgIpc) is 3.90. The van der Waals surface area contributed by atoms with Gasteiger partial charge in [0.1, 0.15) is 0 Å². The Kier molecular flexibility index (Phi) is 6.01. The Labute approximate surface area is 302 Å². The van der Waals surface area contributed by atoms with Crippen LogP contribution in [0.3, 0.4) is 0 Å². The summed E-state index contributed by atoms with van der Waals surface area (Å²) in [7, 11) is 0. The molecule has 52 heavy (non-hydrogen) atoms. The summed E-state index contributed by atoms with van der Waals surface area (Å²) in [5, 5.41) is 5.13. The Balaban J connectivity index is 0.969. The minimum atomic E-state index is -0.115. The van der Waals surface area contributed by atoms with E-state index in [4.69, 9.17) is 0 Å². The molecule has 3 heteroatoms. The van der Waals surface area contributed by atoms with Crippen molar-refractivity contribution in [3.63, 3.8) is 0 Å². The summed E-state index contributed by atoms with van der Waals surface area (Å²) in [6, 6.07) is 62.0. The molecule has 0 N–H and O–H groups in total. The predicted molar refractivity (Wildman–Crippen MR) is 217 cm³/mol. The minimum absolute atomic E-state index is 0.115. The van der Waals surface area contributed by atoms with Gasteiger partial charge in [0.2, 0.25) is 0 Å². The summed E-state index contributed by atoms with van der Waals surface area (Å²) >= 11 is 0. The molecule has 11 rings (SSSR count). The average molecular weight is 666 g/mol. The highest BCUT2D eigenvalue weighted by Gasteiger charge is 2.39. The molecule has 0 spiro atoms. The molecule has 0 aliphatic carbocycles. The lowest BCUT2D eigenvalue weighted by Crippen LogP contribution is -2.16. The Morgan fingerprint density at radius 2 is 0.923 bits per heavy atom. The van der Waals surface area contributed by atoms with Crippen LogP contribution in [0.25, 0.3) is 82.9 Å². The number of benzene rings is 7. The summed E-state index contributed by atoms with van der Waals surface area (Å²) in [5.74, 6) is 0. The van der Waals surface area contributed by atoms with Crippen LogP contribution < -0.4 is 0 Å². The van der Waals surface area contributed by atoms with Crippen LogP contribution in [0.1, 0.15) is 25.1 Å². The third-order valence-electron chi connectivity index (χ3n) is 11.4. The van der Waals surface area contributed by atoms with Crippen LogP contribution in [-0.4, -0.2) is 13.7 Å². The van der Waals surface area contributed by atoms with Gasteiger partial charge >= 0.3 is 0 Å². The lowest BCUT2D eigenvalue weighted by atomic mass is 9.83. The normalized spacial score (nSPS) is 13.3. The molecule has 7 aromatic carbocycles. The molecule has 0 saturated carbocycles. The van der Waals surface area contributed by atoms with Gasteiger partial charge in [0.05, 0.1) is 27.8 Å². The summed E-state index contributed by atoms with van der Waals surface area (Å²) in [6.45, 7) is 4.72. The van der Waals surface area contributed by atoms with E-state index in [1.165, 1.54) is 94.2 Å². The van der Waals surface area contributed by atoms with Crippen molar-refractivity contribution in [2.75, 3.05) is 0 Å². The van der Waals surface area contributed by atoms with Gasteiger partial charge in [-0.2, -0.15) is 0 Å². The Morgan fingerprint density at radius 3 is 1.65 bits per heavy atom. The molecule has 0 bridgehead atoms. The molecule has 0 saturated heterocycles. The van der Waals surface area contributed by atoms with E-state index in [-0.39, 0.29) is 5.41 Å². The molecule has 246 valence electrons. The number of rotatable bonds is 4. The second-order valence-electron chi connectivity index (χ2n) is 14.6. The van der Waals surface area contributed by atoms with E-state index in [1.807, 2.05) is 0 Å². The van der Waals surface area contributed by atoms with Crippen molar-refractivity contribution in [3.05, 3.63) is 187 Å². The van der Waals surface area contributed by atoms with Crippen LogP contribution in [0, 0.1) is 0 Å². The molecular formula is C49H35N3. The fraction of sp³-hybridized carbons (Fsp3) is 0.0612. The first kappa shape index (κ1) is 29.2. The van der Waals surface area contributed by atoms with E-state index in [0.717, 1.165) is 0 Å². The van der Waals surface area contributed by atoms with Gasteiger partial charge in [-0.25, -0.2) is 0 Å². The van der Waals surface area contributed by atoms with Crippen LogP contribution >= 0.6 is 0 Å². The quantitative estimate of drug-likeness (QED) is 0.178. The number of nitrogens with zero attached hydrogens (tertiary/aromatic N) is 3. The van der Waals surface area contributed by atoms with Gasteiger partial charge in [-0.1, -0.05) is 129 Å². The van der Waals surface area contributed by atoms with Crippen molar-refractivity contribution >= 4 is 43.6 Å². The van der Waals surface area contributed by atoms with Crippen LogP contribution in [0.2, 0.25) is 0 Å². The monoisotopic (exact) mass is 665 g/mol. The summed E-state index contributed by atoms with van der Waals surface area (Å²) in [4.78, 5) is 0. The van der Waals surface area contributed by atoms with Crippen molar-refractivity contribution in [2.45, 2.75) is 19.3 Å². The molecule has 3 aromatic heterocycles. The minimum Gasteiger partial charge on any atom is -0.317 e. The van der Waals surface area contributed by atoms with Gasteiger partial charge in [-0.05, 0) is 82.4 Å². The number of fused-ring (bicyclic) bond motifs is 10. The highest BCUT2D eigenvalue weighted by molar-refractivity contribution is 6.12. The summed E-state index contributed by atoms with van der Waals surface area (Å²) in [5.41, 5.74) is 16.1. The number of aromatic nitrogens is 3. The van der Waals surface area contributed by atoms with Crippen molar-refractivity contribution in [3.8, 4) is 39.3 Å². The van der Waals surface area contributed by atoms with Gasteiger partial charge < -0.3 is 13.7 Å². The largest absolute Gasteiger partial charge is 0.317 e. The molecule has 0 atom stereocenters. The lowest BCUT2D eigenvalue weighted by molar-refractivity contribution is 0.646. The molecule has 0 amide bonds. The van der Waals surface area contributed by atoms with Crippen molar-refractivity contribution in [2.24, 2.45) is 0 Å². The van der Waals surface area contributed by atoms with E-state index in [0.29, 0.717) is 0 Å². The third kappa shape index (κ3) is 4.02. The molecule has 3 nitrogen and oxygen atoms in total. The third-order valence-corrected chi connectivity index (χ3v) is 11.4. The first-order chi connectivity index (χ1) is 25.6. The fourth-order valence-electron chi connectivity index (χ4n) is 9.00. The molecule has 0 radical (unpaired) electrons. The number of para-hydroxylation sites is 4. The SMILES string of the molecule is CC1(C)c2ccccc2-n2cc3c4ccccc4n(-c4ccc(-c5ccc(-c6ccc7c(c6)c6ccccc6n7-c6ccccc6)cc5)cc4)c3c21. The molecular weight excluding hydrogens is 631 g/mol. The first-order valence-electron chi connectivity index (χ1n) is 18.1. The van der Waals surface area contributed by atoms with Crippen molar-refractivity contribution in [1.82, 2.24) is 13.7 Å². The van der Waals surface area contributed by atoms with Crippen LogP contribution in [0.5, 0.6) is 0 Å². The lowest BCUT2D eigenvalue weighted by Gasteiger charge is -2.21. The summed E-state index contributed by atoms with van der Waals surface area (Å²) in [6.07, 6.45) is 2.35. The van der Waals surface area contributed by atoms with Crippen LogP contribution in [0.15, 0.2) is 176 Å². The Morgan fingerprint density at radius 1 is 0.404 bits per heavy atom. The molecule has 0 unspecified atom stereocenters. The van der Waals surface area contributed by atoms with E-state index in [1.54, 1.807) is 0 Å². The summed E-state index contributed by atoms with van der Waals surface area (Å²) < 4.78 is 7.27. The zero-order chi connectivity index (χ0) is 34.6. The maximum atomic E-state index is 2.47. The maximum absolute atomic E-state index is 2.47. The zero-order valence-corrected chi connectivity index (χ0v) is 29.1. The van der Waals surface area contributed by atoms with E-state index < -0.39 is 0 Å². The van der Waals surface area contributed by atoms with E-state index >= 15 is 0 Å². The predicted octanol–water partition coefficient (Wildman–Crippen LogP) is 12.6. The Bertz CT molecular complexity index is 3010. The molecule has 1 aliphatic rings. The smallest absolute Gasteiger partial charge is 0.0763 e.